The van der Waals surface area contributed by atoms with E-state index in [4.69, 9.17) is 0 Å². The van der Waals surface area contributed by atoms with E-state index in [0.29, 0.717) is 11.3 Å². The van der Waals surface area contributed by atoms with Crippen molar-refractivity contribution in [3.8, 4) is 0 Å². The van der Waals surface area contributed by atoms with Crippen molar-refractivity contribution in [3.05, 3.63) is 44.6 Å². The number of aliphatic hydroxyl groups is 1. The van der Waals surface area contributed by atoms with Crippen molar-refractivity contribution < 1.29 is 9.90 Å². The van der Waals surface area contributed by atoms with Crippen LogP contribution in [0.15, 0.2) is 34.1 Å². The smallest absolute Gasteiger partial charge is 0.257 e. The standard InChI is InChI=1S/C14H13BrN2O2S/c1-17(6-10-4-8(15)7-20-10)9-2-3-11-12(5-9)16-14(19)13(11)18/h2-5,7,13,18H,6H2,1H3,(H,16,19). The molecule has 0 fully saturated rings. The number of amides is 1. The fraction of sp³-hybridized carbons (Fsp3) is 0.214. The number of rotatable bonds is 3. The monoisotopic (exact) mass is 352 g/mol. The second-order valence-electron chi connectivity index (χ2n) is 4.75. The molecule has 1 aromatic carbocycles. The average molecular weight is 353 g/mol. The first-order chi connectivity index (χ1) is 9.54. The molecule has 6 heteroatoms. The van der Waals surface area contributed by atoms with Crippen molar-refractivity contribution in [2.24, 2.45) is 0 Å². The van der Waals surface area contributed by atoms with Crippen LogP contribution in [-0.2, 0) is 11.3 Å². The van der Waals surface area contributed by atoms with Gasteiger partial charge in [0.25, 0.3) is 5.91 Å². The number of anilines is 2. The van der Waals surface area contributed by atoms with E-state index in [1.54, 1.807) is 17.4 Å². The fourth-order valence-corrected chi connectivity index (χ4v) is 3.74. The summed E-state index contributed by atoms with van der Waals surface area (Å²) in [7, 11) is 2.00. The van der Waals surface area contributed by atoms with Crippen molar-refractivity contribution in [1.82, 2.24) is 0 Å². The molecule has 0 saturated heterocycles. The molecular weight excluding hydrogens is 340 g/mol. The van der Waals surface area contributed by atoms with Crippen molar-refractivity contribution >= 4 is 44.5 Å². The Morgan fingerprint density at radius 3 is 2.95 bits per heavy atom. The number of carbonyl (C=O) groups excluding carboxylic acids is 1. The maximum absolute atomic E-state index is 11.4. The molecule has 0 bridgehead atoms. The number of halogens is 1. The predicted molar refractivity (Wildman–Crippen MR) is 84.2 cm³/mol. The molecule has 1 aliphatic rings. The van der Waals surface area contributed by atoms with Gasteiger partial charge in [-0.1, -0.05) is 6.07 Å². The molecule has 104 valence electrons. The summed E-state index contributed by atoms with van der Waals surface area (Å²) in [5, 5.41) is 14.4. The van der Waals surface area contributed by atoms with E-state index in [2.05, 4.69) is 37.6 Å². The van der Waals surface area contributed by atoms with Crippen LogP contribution in [0.4, 0.5) is 11.4 Å². The van der Waals surface area contributed by atoms with Gasteiger partial charge in [-0.2, -0.15) is 0 Å². The van der Waals surface area contributed by atoms with Gasteiger partial charge < -0.3 is 15.3 Å². The Labute approximate surface area is 129 Å². The summed E-state index contributed by atoms with van der Waals surface area (Å²) in [6.45, 7) is 0.797. The lowest BCUT2D eigenvalue weighted by molar-refractivity contribution is -0.123. The lowest BCUT2D eigenvalue weighted by atomic mass is 10.1. The maximum atomic E-state index is 11.4. The Bertz CT molecular complexity index is 671. The Kier molecular flexibility index (Phi) is 3.54. The number of hydrogen-bond acceptors (Lipinski definition) is 4. The molecule has 1 atom stereocenters. The maximum Gasteiger partial charge on any atom is 0.257 e. The van der Waals surface area contributed by atoms with E-state index in [1.807, 2.05) is 19.2 Å². The molecule has 20 heavy (non-hydrogen) atoms. The van der Waals surface area contributed by atoms with E-state index in [-0.39, 0.29) is 5.91 Å². The molecule has 0 spiro atoms. The summed E-state index contributed by atoms with van der Waals surface area (Å²) in [6, 6.07) is 7.71. The Morgan fingerprint density at radius 2 is 2.25 bits per heavy atom. The minimum absolute atomic E-state index is 0.359. The van der Waals surface area contributed by atoms with Gasteiger partial charge in [0, 0.05) is 38.7 Å². The van der Waals surface area contributed by atoms with Crippen molar-refractivity contribution in [3.63, 3.8) is 0 Å². The zero-order valence-corrected chi connectivity index (χ0v) is 13.2. The zero-order valence-electron chi connectivity index (χ0n) is 10.8. The normalized spacial score (nSPS) is 16.9. The topological polar surface area (TPSA) is 52.6 Å². The van der Waals surface area contributed by atoms with Crippen LogP contribution in [0.1, 0.15) is 16.5 Å². The molecule has 1 amide bonds. The molecule has 0 radical (unpaired) electrons. The highest BCUT2D eigenvalue weighted by Crippen LogP contribution is 2.34. The fourth-order valence-electron chi connectivity index (χ4n) is 2.23. The quantitative estimate of drug-likeness (QED) is 0.892. The minimum atomic E-state index is -1.04. The number of fused-ring (bicyclic) bond motifs is 1. The van der Waals surface area contributed by atoms with E-state index >= 15 is 0 Å². The van der Waals surface area contributed by atoms with Crippen LogP contribution in [-0.4, -0.2) is 18.1 Å². The lowest BCUT2D eigenvalue weighted by Gasteiger charge is -2.19. The molecule has 2 heterocycles. The summed E-state index contributed by atoms with van der Waals surface area (Å²) < 4.78 is 1.09. The van der Waals surface area contributed by atoms with Gasteiger partial charge in [0.15, 0.2) is 6.10 Å². The molecule has 3 rings (SSSR count). The SMILES string of the molecule is CN(Cc1cc(Br)cs1)c1ccc2c(c1)NC(=O)C2O. The summed E-state index contributed by atoms with van der Waals surface area (Å²) in [6.07, 6.45) is -1.04. The Balaban J connectivity index is 1.81. The first-order valence-electron chi connectivity index (χ1n) is 6.11. The van der Waals surface area contributed by atoms with Crippen LogP contribution in [0.2, 0.25) is 0 Å². The first kappa shape index (κ1) is 13.6. The van der Waals surface area contributed by atoms with Crippen LogP contribution < -0.4 is 10.2 Å². The third-order valence-corrected chi connectivity index (χ3v) is 4.98. The largest absolute Gasteiger partial charge is 0.378 e. The predicted octanol–water partition coefficient (Wildman–Crippen LogP) is 3.13. The van der Waals surface area contributed by atoms with E-state index < -0.39 is 6.10 Å². The molecule has 1 aromatic heterocycles. The zero-order chi connectivity index (χ0) is 14.3. The van der Waals surface area contributed by atoms with Crippen LogP contribution in [0, 0.1) is 0 Å². The van der Waals surface area contributed by atoms with E-state index in [0.717, 1.165) is 16.7 Å². The molecule has 0 aliphatic carbocycles. The summed E-state index contributed by atoms with van der Waals surface area (Å²) >= 11 is 5.15. The number of benzene rings is 1. The second kappa shape index (κ2) is 5.20. The van der Waals surface area contributed by atoms with Gasteiger partial charge in [-0.15, -0.1) is 11.3 Å². The second-order valence-corrected chi connectivity index (χ2v) is 6.66. The third kappa shape index (κ3) is 2.46. The third-order valence-electron chi connectivity index (χ3n) is 3.29. The number of nitrogens with one attached hydrogen (secondary N) is 1. The minimum Gasteiger partial charge on any atom is -0.378 e. The number of hydrogen-bond donors (Lipinski definition) is 2. The highest BCUT2D eigenvalue weighted by Gasteiger charge is 2.28. The van der Waals surface area contributed by atoms with Crippen LogP contribution >= 0.6 is 27.3 Å². The molecule has 0 saturated carbocycles. The Hall–Kier alpha value is -1.37. The molecular formula is C14H13BrN2O2S. The number of thiophene rings is 1. The van der Waals surface area contributed by atoms with Crippen molar-refractivity contribution in [1.29, 1.82) is 0 Å². The van der Waals surface area contributed by atoms with Crippen LogP contribution in [0.25, 0.3) is 0 Å². The number of nitrogens with zero attached hydrogens (tertiary/aromatic N) is 1. The van der Waals surface area contributed by atoms with Gasteiger partial charge in [0.05, 0.1) is 6.54 Å². The van der Waals surface area contributed by atoms with Gasteiger partial charge in [-0.05, 0) is 34.1 Å². The molecule has 4 nitrogen and oxygen atoms in total. The lowest BCUT2D eigenvalue weighted by Crippen LogP contribution is -2.15. The van der Waals surface area contributed by atoms with Crippen molar-refractivity contribution in [2.75, 3.05) is 17.3 Å². The number of carbonyl (C=O) groups is 1. The summed E-state index contributed by atoms with van der Waals surface area (Å²) in [5.41, 5.74) is 2.34. The van der Waals surface area contributed by atoms with Crippen LogP contribution in [0.3, 0.4) is 0 Å². The van der Waals surface area contributed by atoms with Gasteiger partial charge in [-0.25, -0.2) is 0 Å². The summed E-state index contributed by atoms with van der Waals surface area (Å²) in [5.74, 6) is -0.359. The molecule has 2 N–H and O–H groups in total. The highest BCUT2D eigenvalue weighted by atomic mass is 79.9. The van der Waals surface area contributed by atoms with Gasteiger partial charge in [0.2, 0.25) is 0 Å². The molecule has 1 unspecified atom stereocenters. The summed E-state index contributed by atoms with van der Waals surface area (Å²) in [4.78, 5) is 14.8. The number of aliphatic hydroxyl groups excluding tert-OH is 1. The molecule has 1 aliphatic heterocycles. The van der Waals surface area contributed by atoms with Crippen molar-refractivity contribution in [2.45, 2.75) is 12.6 Å². The van der Waals surface area contributed by atoms with E-state index in [9.17, 15) is 9.90 Å². The molecule has 2 aromatic rings. The van der Waals surface area contributed by atoms with E-state index in [1.165, 1.54) is 4.88 Å². The Morgan fingerprint density at radius 1 is 1.45 bits per heavy atom. The first-order valence-corrected chi connectivity index (χ1v) is 7.79. The van der Waals surface area contributed by atoms with Gasteiger partial charge in [0.1, 0.15) is 0 Å². The van der Waals surface area contributed by atoms with Gasteiger partial charge in [-0.3, -0.25) is 4.79 Å². The van der Waals surface area contributed by atoms with Crippen LogP contribution in [0.5, 0.6) is 0 Å². The average Bonchev–Trinajstić information content (AvgIpc) is 2.94. The van der Waals surface area contributed by atoms with Gasteiger partial charge >= 0.3 is 0 Å². The highest BCUT2D eigenvalue weighted by molar-refractivity contribution is 9.10.